The van der Waals surface area contributed by atoms with E-state index in [-0.39, 0.29) is 5.69 Å². The molecule has 122 valence electrons. The van der Waals surface area contributed by atoms with Gasteiger partial charge in [0.1, 0.15) is 18.0 Å². The van der Waals surface area contributed by atoms with Gasteiger partial charge in [-0.3, -0.25) is 10.1 Å². The maximum absolute atomic E-state index is 10.8. The maximum Gasteiger partial charge on any atom is 0.271 e. The first-order chi connectivity index (χ1) is 11.0. The fourth-order valence-electron chi connectivity index (χ4n) is 2.86. The molecule has 1 saturated heterocycles. The Bertz CT molecular complexity index is 710. The van der Waals surface area contributed by atoms with E-state index in [0.29, 0.717) is 5.02 Å². The van der Waals surface area contributed by atoms with Gasteiger partial charge in [0.15, 0.2) is 0 Å². The molecule has 2 heterocycles. The normalized spacial score (nSPS) is 15.8. The smallest absolute Gasteiger partial charge is 0.271 e. The van der Waals surface area contributed by atoms with Gasteiger partial charge in [0, 0.05) is 18.2 Å². The maximum atomic E-state index is 10.8. The number of piperazine rings is 1. The number of hydrogen-bond acceptors (Lipinski definition) is 5. The van der Waals surface area contributed by atoms with E-state index in [0.717, 1.165) is 49.9 Å². The number of aryl methyl sites for hydroxylation is 1. The number of non-ortho nitro benzene ring substituents is 1. The summed E-state index contributed by atoms with van der Waals surface area (Å²) in [4.78, 5) is 14.0. The second-order valence-electron chi connectivity index (χ2n) is 5.74. The van der Waals surface area contributed by atoms with Crippen molar-refractivity contribution in [3.05, 3.63) is 50.9 Å². The molecular weight excluding hydrogens is 320 g/mol. The number of anilines is 1. The third-order valence-electron chi connectivity index (χ3n) is 4.06. The number of nitrogens with zero attached hydrogens (tertiary/aromatic N) is 3. The topological polar surface area (TPSA) is 76.8 Å². The molecule has 7 nitrogen and oxygen atoms in total. The van der Waals surface area contributed by atoms with E-state index in [1.165, 1.54) is 17.0 Å². The van der Waals surface area contributed by atoms with Crippen LogP contribution in [0.25, 0.3) is 0 Å². The summed E-state index contributed by atoms with van der Waals surface area (Å²) in [5.41, 5.74) is 1.84. The molecule has 0 bridgehead atoms. The molecule has 0 amide bonds. The first-order valence-corrected chi connectivity index (χ1v) is 7.85. The van der Waals surface area contributed by atoms with E-state index >= 15 is 0 Å². The van der Waals surface area contributed by atoms with Gasteiger partial charge in [0.05, 0.1) is 41.8 Å². The lowest BCUT2D eigenvalue weighted by Crippen LogP contribution is -3.13. The molecule has 0 spiro atoms. The molecule has 0 radical (unpaired) electrons. The van der Waals surface area contributed by atoms with Gasteiger partial charge in [-0.2, -0.15) is 0 Å². The third-order valence-corrected chi connectivity index (χ3v) is 4.36. The number of quaternary nitrogens is 1. The lowest BCUT2D eigenvalue weighted by Gasteiger charge is -2.33. The van der Waals surface area contributed by atoms with Crippen molar-refractivity contribution < 1.29 is 14.3 Å². The first-order valence-electron chi connectivity index (χ1n) is 7.47. The zero-order chi connectivity index (χ0) is 16.4. The SMILES string of the molecule is Cc1cc(C[NH+]2CCN(c3ccc([N+](=O)[O-])cc3Cl)CC2)no1. The molecule has 1 aromatic heterocycles. The third kappa shape index (κ3) is 3.62. The van der Waals surface area contributed by atoms with E-state index in [2.05, 4.69) is 10.1 Å². The van der Waals surface area contributed by atoms with E-state index in [1.54, 1.807) is 6.07 Å². The highest BCUT2D eigenvalue weighted by Crippen LogP contribution is 2.29. The molecule has 0 saturated carbocycles. The summed E-state index contributed by atoms with van der Waals surface area (Å²) in [7, 11) is 0. The van der Waals surface area contributed by atoms with Crippen LogP contribution in [0.4, 0.5) is 11.4 Å². The van der Waals surface area contributed by atoms with Gasteiger partial charge in [-0.25, -0.2) is 0 Å². The van der Waals surface area contributed by atoms with E-state index < -0.39 is 4.92 Å². The van der Waals surface area contributed by atoms with Crippen LogP contribution >= 0.6 is 11.6 Å². The van der Waals surface area contributed by atoms with E-state index in [4.69, 9.17) is 16.1 Å². The van der Waals surface area contributed by atoms with Crippen LogP contribution in [-0.4, -0.2) is 36.3 Å². The number of nitrogens with one attached hydrogen (secondary N) is 1. The molecule has 3 rings (SSSR count). The summed E-state index contributed by atoms with van der Waals surface area (Å²) < 4.78 is 5.10. The van der Waals surface area contributed by atoms with Crippen molar-refractivity contribution in [2.75, 3.05) is 31.1 Å². The predicted octanol–water partition coefficient (Wildman–Crippen LogP) is 1.45. The number of halogens is 1. The van der Waals surface area contributed by atoms with Crippen LogP contribution in [-0.2, 0) is 6.54 Å². The lowest BCUT2D eigenvalue weighted by molar-refractivity contribution is -0.914. The van der Waals surface area contributed by atoms with Crippen LogP contribution in [0, 0.1) is 17.0 Å². The fraction of sp³-hybridized carbons (Fsp3) is 0.400. The highest BCUT2D eigenvalue weighted by Gasteiger charge is 2.23. The lowest BCUT2D eigenvalue weighted by atomic mass is 10.2. The largest absolute Gasteiger partial charge is 0.361 e. The molecule has 8 heteroatoms. The quantitative estimate of drug-likeness (QED) is 0.675. The summed E-state index contributed by atoms with van der Waals surface area (Å²) in [5, 5.41) is 15.2. The zero-order valence-electron chi connectivity index (χ0n) is 12.8. The van der Waals surface area contributed by atoms with Crippen LogP contribution in [0.15, 0.2) is 28.8 Å². The first kappa shape index (κ1) is 15.8. The van der Waals surface area contributed by atoms with Crippen LogP contribution in [0.2, 0.25) is 5.02 Å². The second-order valence-corrected chi connectivity index (χ2v) is 6.14. The summed E-state index contributed by atoms with van der Waals surface area (Å²) in [6.07, 6.45) is 0. The second kappa shape index (κ2) is 6.55. The fourth-order valence-corrected chi connectivity index (χ4v) is 3.16. The van der Waals surface area contributed by atoms with Gasteiger partial charge in [0.2, 0.25) is 0 Å². The molecule has 2 aromatic rings. The van der Waals surface area contributed by atoms with Crippen LogP contribution in [0.1, 0.15) is 11.5 Å². The highest BCUT2D eigenvalue weighted by atomic mass is 35.5. The van der Waals surface area contributed by atoms with Crippen molar-refractivity contribution in [3.8, 4) is 0 Å². The molecular formula is C15H18ClN4O3+. The number of nitro groups is 1. The Labute approximate surface area is 138 Å². The van der Waals surface area contributed by atoms with Gasteiger partial charge in [0.25, 0.3) is 5.69 Å². The number of aromatic nitrogens is 1. The summed E-state index contributed by atoms with van der Waals surface area (Å²) in [6.45, 7) is 6.35. The van der Waals surface area contributed by atoms with E-state index in [1.807, 2.05) is 13.0 Å². The summed E-state index contributed by atoms with van der Waals surface area (Å²) >= 11 is 6.20. The van der Waals surface area contributed by atoms with Gasteiger partial charge in [-0.1, -0.05) is 16.8 Å². The Morgan fingerprint density at radius 3 is 2.70 bits per heavy atom. The van der Waals surface area contributed by atoms with Crippen molar-refractivity contribution in [3.63, 3.8) is 0 Å². The Balaban J connectivity index is 1.61. The highest BCUT2D eigenvalue weighted by molar-refractivity contribution is 6.33. The predicted molar refractivity (Wildman–Crippen MR) is 86.0 cm³/mol. The molecule has 0 aliphatic carbocycles. The summed E-state index contributed by atoms with van der Waals surface area (Å²) in [5.74, 6) is 0.829. The minimum atomic E-state index is -0.433. The minimum absolute atomic E-state index is 0.0180. The van der Waals surface area contributed by atoms with Crippen molar-refractivity contribution in [2.24, 2.45) is 0 Å². The molecule has 1 aliphatic heterocycles. The number of nitro benzene ring substituents is 1. The number of benzene rings is 1. The van der Waals surface area contributed by atoms with Gasteiger partial charge in [-0.05, 0) is 13.0 Å². The van der Waals surface area contributed by atoms with Crippen LogP contribution < -0.4 is 9.80 Å². The number of rotatable bonds is 4. The minimum Gasteiger partial charge on any atom is -0.361 e. The molecule has 0 atom stereocenters. The molecule has 23 heavy (non-hydrogen) atoms. The van der Waals surface area contributed by atoms with Crippen molar-refractivity contribution in [1.29, 1.82) is 0 Å². The van der Waals surface area contributed by atoms with Gasteiger partial charge >= 0.3 is 0 Å². The zero-order valence-corrected chi connectivity index (χ0v) is 13.5. The molecule has 1 aromatic carbocycles. The van der Waals surface area contributed by atoms with Gasteiger partial charge in [-0.15, -0.1) is 0 Å². The van der Waals surface area contributed by atoms with Crippen molar-refractivity contribution in [2.45, 2.75) is 13.5 Å². The van der Waals surface area contributed by atoms with Crippen LogP contribution in [0.5, 0.6) is 0 Å². The monoisotopic (exact) mass is 337 g/mol. The van der Waals surface area contributed by atoms with Crippen molar-refractivity contribution >= 4 is 23.0 Å². The number of hydrogen-bond donors (Lipinski definition) is 1. The van der Waals surface area contributed by atoms with E-state index in [9.17, 15) is 10.1 Å². The molecule has 1 N–H and O–H groups in total. The average molecular weight is 338 g/mol. The Morgan fingerprint density at radius 2 is 2.13 bits per heavy atom. The van der Waals surface area contributed by atoms with Crippen LogP contribution in [0.3, 0.4) is 0 Å². The Kier molecular flexibility index (Phi) is 4.49. The Morgan fingerprint density at radius 1 is 1.39 bits per heavy atom. The van der Waals surface area contributed by atoms with Crippen molar-refractivity contribution in [1.82, 2.24) is 5.16 Å². The molecule has 1 aliphatic rings. The standard InChI is InChI=1S/C15H17ClN4O3/c1-11-8-12(17-23-11)10-18-4-6-19(7-5-18)15-3-2-13(20(21)22)9-14(15)16/h2-3,8-9H,4-7,10H2,1H3/p+1. The molecule has 0 unspecified atom stereocenters. The average Bonchev–Trinajstić information content (AvgIpc) is 2.93. The molecule has 1 fully saturated rings. The Hall–Kier alpha value is -2.12. The summed E-state index contributed by atoms with van der Waals surface area (Å²) in [6, 6.07) is 6.60. The van der Waals surface area contributed by atoms with Gasteiger partial charge < -0.3 is 14.3 Å².